The van der Waals surface area contributed by atoms with E-state index in [0.29, 0.717) is 17.1 Å². The molecular weight excluding hydrogens is 453 g/mol. The molecule has 1 unspecified atom stereocenters. The van der Waals surface area contributed by atoms with Crippen molar-refractivity contribution in [3.63, 3.8) is 0 Å². The van der Waals surface area contributed by atoms with Crippen LogP contribution >= 0.6 is 11.3 Å². The van der Waals surface area contributed by atoms with Crippen molar-refractivity contribution in [2.75, 3.05) is 16.8 Å². The molecule has 2 heterocycles. The van der Waals surface area contributed by atoms with Gasteiger partial charge in [0.05, 0.1) is 11.4 Å². The molecule has 1 aliphatic rings. The number of benzene rings is 3. The van der Waals surface area contributed by atoms with Gasteiger partial charge in [-0.3, -0.25) is 14.5 Å². The summed E-state index contributed by atoms with van der Waals surface area (Å²) < 4.78 is 18.9. The van der Waals surface area contributed by atoms with Crippen LogP contribution in [0.4, 0.5) is 15.8 Å². The van der Waals surface area contributed by atoms with E-state index in [1.165, 1.54) is 40.5 Å². The van der Waals surface area contributed by atoms with Gasteiger partial charge in [-0.2, -0.15) is 0 Å². The number of carbonyl (C=O) groups is 2. The Hall–Kier alpha value is -4.04. The summed E-state index contributed by atoms with van der Waals surface area (Å²) in [5.41, 5.74) is 3.57. The standard InChI is InChI=1S/C26H20FN3O3S/c1-16-26(32)30(14-24(31)28-20-10-8-19(27)9-11-20)22-13-18(7-12-23(22)33-16)21-15-34-25(29-21)17-5-3-2-4-6-17/h2-13,15-16H,14H2,1H3,(H,28,31). The van der Waals surface area contributed by atoms with Gasteiger partial charge >= 0.3 is 0 Å². The van der Waals surface area contributed by atoms with E-state index in [1.54, 1.807) is 13.0 Å². The fourth-order valence-corrected chi connectivity index (χ4v) is 4.56. The van der Waals surface area contributed by atoms with Crippen LogP contribution in [0.5, 0.6) is 5.75 Å². The first-order valence-corrected chi connectivity index (χ1v) is 11.5. The molecule has 8 heteroatoms. The average Bonchev–Trinajstić information content (AvgIpc) is 3.34. The van der Waals surface area contributed by atoms with Gasteiger partial charge in [0.15, 0.2) is 6.10 Å². The maximum atomic E-state index is 13.1. The summed E-state index contributed by atoms with van der Waals surface area (Å²) in [6.07, 6.45) is -0.721. The van der Waals surface area contributed by atoms with E-state index in [1.807, 2.05) is 47.8 Å². The van der Waals surface area contributed by atoms with Crippen LogP contribution in [-0.4, -0.2) is 29.4 Å². The highest BCUT2D eigenvalue weighted by molar-refractivity contribution is 7.13. The molecule has 0 aliphatic carbocycles. The zero-order valence-corrected chi connectivity index (χ0v) is 19.0. The van der Waals surface area contributed by atoms with Crippen LogP contribution in [0, 0.1) is 5.82 Å². The Morgan fingerprint density at radius 2 is 1.85 bits per heavy atom. The van der Waals surface area contributed by atoms with E-state index in [0.717, 1.165) is 21.8 Å². The zero-order chi connectivity index (χ0) is 23.7. The molecule has 0 saturated heterocycles. The molecule has 34 heavy (non-hydrogen) atoms. The summed E-state index contributed by atoms with van der Waals surface area (Å²) in [7, 11) is 0. The number of fused-ring (bicyclic) bond motifs is 1. The summed E-state index contributed by atoms with van der Waals surface area (Å²) in [4.78, 5) is 31.8. The van der Waals surface area contributed by atoms with Gasteiger partial charge in [0.2, 0.25) is 5.91 Å². The molecule has 170 valence electrons. The summed E-state index contributed by atoms with van der Waals surface area (Å²) >= 11 is 1.54. The minimum absolute atomic E-state index is 0.202. The van der Waals surface area contributed by atoms with Gasteiger partial charge in [0.1, 0.15) is 23.1 Å². The number of halogens is 1. The van der Waals surface area contributed by atoms with Crippen LogP contribution in [0.1, 0.15) is 6.92 Å². The maximum Gasteiger partial charge on any atom is 0.268 e. The van der Waals surface area contributed by atoms with E-state index in [9.17, 15) is 14.0 Å². The summed E-state index contributed by atoms with van der Waals surface area (Å²) in [5.74, 6) is -0.592. The molecule has 0 spiro atoms. The molecule has 4 aromatic rings. The average molecular weight is 474 g/mol. The minimum Gasteiger partial charge on any atom is -0.479 e. The van der Waals surface area contributed by atoms with Crippen LogP contribution in [0.2, 0.25) is 0 Å². The third-order valence-electron chi connectivity index (χ3n) is 5.42. The van der Waals surface area contributed by atoms with Gasteiger partial charge in [-0.25, -0.2) is 9.37 Å². The number of carbonyl (C=O) groups excluding carboxylic acids is 2. The van der Waals surface area contributed by atoms with Crippen molar-refractivity contribution in [3.05, 3.63) is 84.0 Å². The summed E-state index contributed by atoms with van der Waals surface area (Å²) in [5, 5.41) is 5.55. The highest BCUT2D eigenvalue weighted by atomic mass is 32.1. The van der Waals surface area contributed by atoms with Crippen LogP contribution < -0.4 is 15.0 Å². The molecule has 1 aliphatic heterocycles. The van der Waals surface area contributed by atoms with Crippen LogP contribution in [0.15, 0.2) is 78.2 Å². The fraction of sp³-hybridized carbons (Fsp3) is 0.115. The number of hydrogen-bond donors (Lipinski definition) is 1. The molecule has 0 bridgehead atoms. The topological polar surface area (TPSA) is 71.5 Å². The number of nitrogens with one attached hydrogen (secondary N) is 1. The van der Waals surface area contributed by atoms with E-state index in [-0.39, 0.29) is 12.5 Å². The van der Waals surface area contributed by atoms with E-state index >= 15 is 0 Å². The van der Waals surface area contributed by atoms with Crippen molar-refractivity contribution in [2.24, 2.45) is 0 Å². The number of rotatable bonds is 5. The number of anilines is 2. The molecule has 0 radical (unpaired) electrons. The molecule has 3 aromatic carbocycles. The summed E-state index contributed by atoms with van der Waals surface area (Å²) in [6.45, 7) is 1.45. The fourth-order valence-electron chi connectivity index (χ4n) is 3.73. The predicted octanol–water partition coefficient (Wildman–Crippen LogP) is 5.37. The van der Waals surface area contributed by atoms with Crippen LogP contribution in [-0.2, 0) is 9.59 Å². The van der Waals surface area contributed by atoms with Gasteiger partial charge < -0.3 is 10.1 Å². The SMILES string of the molecule is CC1Oc2ccc(-c3csc(-c4ccccc4)n3)cc2N(CC(=O)Nc2ccc(F)cc2)C1=O. The molecule has 5 rings (SSSR count). The number of nitrogens with zero attached hydrogens (tertiary/aromatic N) is 2. The van der Waals surface area contributed by atoms with E-state index in [2.05, 4.69) is 5.32 Å². The smallest absolute Gasteiger partial charge is 0.268 e. The van der Waals surface area contributed by atoms with Gasteiger partial charge in [0, 0.05) is 22.2 Å². The minimum atomic E-state index is -0.721. The second kappa shape index (κ2) is 9.07. The van der Waals surface area contributed by atoms with Gasteiger partial charge in [-0.05, 0) is 49.4 Å². The normalized spacial score (nSPS) is 14.9. The number of aromatic nitrogens is 1. The molecule has 0 fully saturated rings. The van der Waals surface area contributed by atoms with Gasteiger partial charge in [-0.15, -0.1) is 11.3 Å². The molecule has 1 aromatic heterocycles. The molecular formula is C26H20FN3O3S. The van der Waals surface area contributed by atoms with Gasteiger partial charge in [0.25, 0.3) is 5.91 Å². The van der Waals surface area contributed by atoms with Crippen molar-refractivity contribution in [1.29, 1.82) is 0 Å². The third-order valence-corrected chi connectivity index (χ3v) is 6.31. The zero-order valence-electron chi connectivity index (χ0n) is 18.2. The maximum absolute atomic E-state index is 13.1. The lowest BCUT2D eigenvalue weighted by Crippen LogP contribution is -2.47. The quantitative estimate of drug-likeness (QED) is 0.423. The molecule has 1 N–H and O–H groups in total. The van der Waals surface area contributed by atoms with Crippen molar-refractivity contribution >= 4 is 34.5 Å². The Balaban J connectivity index is 1.42. The van der Waals surface area contributed by atoms with Crippen molar-refractivity contribution in [2.45, 2.75) is 13.0 Å². The summed E-state index contributed by atoms with van der Waals surface area (Å²) in [6, 6.07) is 20.9. The lowest BCUT2D eigenvalue weighted by Gasteiger charge is -2.32. The Bertz CT molecular complexity index is 1360. The van der Waals surface area contributed by atoms with Crippen molar-refractivity contribution in [1.82, 2.24) is 4.98 Å². The van der Waals surface area contributed by atoms with E-state index < -0.39 is 17.8 Å². The Morgan fingerprint density at radius 3 is 2.62 bits per heavy atom. The number of hydrogen-bond acceptors (Lipinski definition) is 5. The highest BCUT2D eigenvalue weighted by Gasteiger charge is 2.33. The second-order valence-electron chi connectivity index (χ2n) is 7.83. The molecule has 2 amide bonds. The van der Waals surface area contributed by atoms with Crippen LogP contribution in [0.3, 0.4) is 0 Å². The lowest BCUT2D eigenvalue weighted by molar-refractivity contribution is -0.127. The first-order valence-electron chi connectivity index (χ1n) is 10.7. The number of thiazole rings is 1. The number of amides is 2. The Labute approximate surface area is 199 Å². The molecule has 1 atom stereocenters. The highest BCUT2D eigenvalue weighted by Crippen LogP contribution is 2.38. The second-order valence-corrected chi connectivity index (χ2v) is 8.68. The predicted molar refractivity (Wildman–Crippen MR) is 130 cm³/mol. The first-order chi connectivity index (χ1) is 16.5. The third kappa shape index (κ3) is 4.40. The molecule has 6 nitrogen and oxygen atoms in total. The number of ether oxygens (including phenoxy) is 1. The Morgan fingerprint density at radius 1 is 1.09 bits per heavy atom. The monoisotopic (exact) mass is 473 g/mol. The van der Waals surface area contributed by atoms with Gasteiger partial charge in [-0.1, -0.05) is 30.3 Å². The largest absolute Gasteiger partial charge is 0.479 e. The van der Waals surface area contributed by atoms with Crippen molar-refractivity contribution in [3.8, 4) is 27.6 Å². The van der Waals surface area contributed by atoms with Crippen LogP contribution in [0.25, 0.3) is 21.8 Å². The Kier molecular flexibility index (Phi) is 5.81. The molecule has 0 saturated carbocycles. The lowest BCUT2D eigenvalue weighted by atomic mass is 10.1. The van der Waals surface area contributed by atoms with E-state index in [4.69, 9.17) is 9.72 Å². The van der Waals surface area contributed by atoms with Crippen molar-refractivity contribution < 1.29 is 18.7 Å². The first kappa shape index (κ1) is 21.8.